The van der Waals surface area contributed by atoms with E-state index in [1.165, 1.54) is 18.3 Å². The third kappa shape index (κ3) is 2.93. The number of phenolic OH excluding ortho intramolecular Hbond substituents is 2. The highest BCUT2D eigenvalue weighted by molar-refractivity contribution is 6.33. The number of halogens is 1. The highest BCUT2D eigenvalue weighted by Crippen LogP contribution is 2.22. The molecule has 0 aliphatic heterocycles. The molecule has 0 heterocycles. The minimum atomic E-state index is -0.0419. The Balaban J connectivity index is 2.10. The maximum Gasteiger partial charge on any atom is 0.128 e. The topological polar surface area (TPSA) is 64.9 Å². The minimum absolute atomic E-state index is 0.00344. The first-order valence-corrected chi connectivity index (χ1v) is 5.60. The number of benzene rings is 2. The first-order valence-electron chi connectivity index (χ1n) is 5.22. The second-order valence-corrected chi connectivity index (χ2v) is 4.00. The van der Waals surface area contributed by atoms with E-state index in [-0.39, 0.29) is 11.5 Å². The van der Waals surface area contributed by atoms with Crippen molar-refractivity contribution in [1.29, 1.82) is 0 Å². The molecular weight excluding hydrogens is 252 g/mol. The highest BCUT2D eigenvalue weighted by atomic mass is 35.5. The number of hydrogen-bond acceptors (Lipinski definition) is 4. The van der Waals surface area contributed by atoms with E-state index in [0.717, 1.165) is 0 Å². The Morgan fingerprint density at radius 2 is 1.89 bits per heavy atom. The second kappa shape index (κ2) is 5.42. The molecule has 0 atom stereocenters. The minimum Gasteiger partial charge on any atom is -0.508 e. The fourth-order valence-electron chi connectivity index (χ4n) is 1.36. The summed E-state index contributed by atoms with van der Waals surface area (Å²) >= 11 is 5.94. The van der Waals surface area contributed by atoms with Gasteiger partial charge in [0.2, 0.25) is 0 Å². The Morgan fingerprint density at radius 1 is 1.11 bits per heavy atom. The van der Waals surface area contributed by atoms with Crippen LogP contribution >= 0.6 is 11.6 Å². The van der Waals surface area contributed by atoms with Gasteiger partial charge in [-0.2, -0.15) is 5.10 Å². The van der Waals surface area contributed by atoms with E-state index in [1.54, 1.807) is 18.2 Å². The summed E-state index contributed by atoms with van der Waals surface area (Å²) in [7, 11) is 0. The summed E-state index contributed by atoms with van der Waals surface area (Å²) in [6.07, 6.45) is 1.44. The van der Waals surface area contributed by atoms with Crippen LogP contribution in [-0.2, 0) is 0 Å². The molecule has 5 heteroatoms. The number of para-hydroxylation sites is 1. The molecule has 2 rings (SSSR count). The van der Waals surface area contributed by atoms with Crippen molar-refractivity contribution in [2.45, 2.75) is 0 Å². The Labute approximate surface area is 109 Å². The molecule has 3 N–H and O–H groups in total. The van der Waals surface area contributed by atoms with Gasteiger partial charge >= 0.3 is 0 Å². The zero-order valence-electron chi connectivity index (χ0n) is 9.34. The van der Waals surface area contributed by atoms with Crippen LogP contribution in [0.4, 0.5) is 5.69 Å². The SMILES string of the molecule is Oc1ccc(/C=N/Nc2ccccc2Cl)c(O)c1. The van der Waals surface area contributed by atoms with Crippen molar-refractivity contribution in [2.24, 2.45) is 5.10 Å². The van der Waals surface area contributed by atoms with E-state index < -0.39 is 0 Å². The predicted octanol–water partition coefficient (Wildman–Crippen LogP) is 3.20. The molecule has 0 unspecified atom stereocenters. The summed E-state index contributed by atoms with van der Waals surface area (Å²) in [5.41, 5.74) is 3.93. The van der Waals surface area contributed by atoms with Gasteiger partial charge in [0.15, 0.2) is 0 Å². The molecule has 18 heavy (non-hydrogen) atoms. The molecule has 2 aromatic carbocycles. The lowest BCUT2D eigenvalue weighted by Gasteiger charge is -2.02. The molecule has 0 bridgehead atoms. The molecule has 0 aliphatic rings. The lowest BCUT2D eigenvalue weighted by atomic mass is 10.2. The maximum absolute atomic E-state index is 9.54. The number of rotatable bonds is 3. The van der Waals surface area contributed by atoms with Crippen LogP contribution in [0.5, 0.6) is 11.5 Å². The smallest absolute Gasteiger partial charge is 0.128 e. The van der Waals surface area contributed by atoms with E-state index in [4.69, 9.17) is 16.7 Å². The fourth-order valence-corrected chi connectivity index (χ4v) is 1.54. The summed E-state index contributed by atoms with van der Waals surface area (Å²) in [6, 6.07) is 11.5. The van der Waals surface area contributed by atoms with Gasteiger partial charge in [-0.25, -0.2) is 0 Å². The molecule has 4 nitrogen and oxygen atoms in total. The van der Waals surface area contributed by atoms with Gasteiger partial charge in [-0.3, -0.25) is 5.43 Å². The van der Waals surface area contributed by atoms with Crippen LogP contribution < -0.4 is 5.43 Å². The van der Waals surface area contributed by atoms with Gasteiger partial charge in [0.1, 0.15) is 11.5 Å². The molecule has 0 saturated heterocycles. The van der Waals surface area contributed by atoms with Gasteiger partial charge in [-0.05, 0) is 24.3 Å². The number of hydrogen-bond donors (Lipinski definition) is 3. The van der Waals surface area contributed by atoms with Crippen LogP contribution in [0.2, 0.25) is 5.02 Å². The number of phenols is 2. The van der Waals surface area contributed by atoms with Crippen LogP contribution in [0.25, 0.3) is 0 Å². The van der Waals surface area contributed by atoms with E-state index in [1.807, 2.05) is 12.1 Å². The lowest BCUT2D eigenvalue weighted by molar-refractivity contribution is 0.450. The van der Waals surface area contributed by atoms with E-state index >= 15 is 0 Å². The van der Waals surface area contributed by atoms with Gasteiger partial charge in [0.25, 0.3) is 0 Å². The number of anilines is 1. The van der Waals surface area contributed by atoms with E-state index in [2.05, 4.69) is 10.5 Å². The summed E-state index contributed by atoms with van der Waals surface area (Å²) in [6.45, 7) is 0. The second-order valence-electron chi connectivity index (χ2n) is 3.59. The average Bonchev–Trinajstić information content (AvgIpc) is 2.34. The van der Waals surface area contributed by atoms with Crippen LogP contribution in [-0.4, -0.2) is 16.4 Å². The molecule has 0 radical (unpaired) electrons. The third-order valence-corrected chi connectivity index (χ3v) is 2.61. The van der Waals surface area contributed by atoms with Crippen LogP contribution in [0.15, 0.2) is 47.6 Å². The van der Waals surface area contributed by atoms with Crippen molar-refractivity contribution < 1.29 is 10.2 Å². The number of aromatic hydroxyl groups is 2. The third-order valence-electron chi connectivity index (χ3n) is 2.28. The fraction of sp³-hybridized carbons (Fsp3) is 0. The van der Waals surface area contributed by atoms with Crippen molar-refractivity contribution in [3.63, 3.8) is 0 Å². The van der Waals surface area contributed by atoms with Crippen molar-refractivity contribution in [3.8, 4) is 11.5 Å². The summed E-state index contributed by atoms with van der Waals surface area (Å²) < 4.78 is 0. The maximum atomic E-state index is 9.54. The van der Waals surface area contributed by atoms with Crippen molar-refractivity contribution in [3.05, 3.63) is 53.1 Å². The monoisotopic (exact) mass is 262 g/mol. The molecular formula is C13H11ClN2O2. The van der Waals surface area contributed by atoms with Crippen molar-refractivity contribution >= 4 is 23.5 Å². The Hall–Kier alpha value is -2.20. The van der Waals surface area contributed by atoms with Gasteiger partial charge in [0.05, 0.1) is 16.9 Å². The highest BCUT2D eigenvalue weighted by Gasteiger charge is 1.99. The zero-order chi connectivity index (χ0) is 13.0. The quantitative estimate of drug-likeness (QED) is 0.588. The molecule has 0 amide bonds. The van der Waals surface area contributed by atoms with Gasteiger partial charge in [-0.15, -0.1) is 0 Å². The number of hydrazone groups is 1. The molecule has 0 fully saturated rings. The Kier molecular flexibility index (Phi) is 3.69. The molecule has 0 spiro atoms. The van der Waals surface area contributed by atoms with Crippen molar-refractivity contribution in [1.82, 2.24) is 0 Å². The Morgan fingerprint density at radius 3 is 2.61 bits per heavy atom. The zero-order valence-corrected chi connectivity index (χ0v) is 10.1. The first kappa shape index (κ1) is 12.3. The summed E-state index contributed by atoms with van der Waals surface area (Å²) in [5, 5.41) is 23.2. The van der Waals surface area contributed by atoms with Gasteiger partial charge < -0.3 is 10.2 Å². The van der Waals surface area contributed by atoms with Crippen LogP contribution in [0.1, 0.15) is 5.56 Å². The predicted molar refractivity (Wildman–Crippen MR) is 72.4 cm³/mol. The van der Waals surface area contributed by atoms with Gasteiger partial charge in [-0.1, -0.05) is 23.7 Å². The molecule has 0 saturated carbocycles. The average molecular weight is 263 g/mol. The van der Waals surface area contributed by atoms with Crippen LogP contribution in [0.3, 0.4) is 0 Å². The number of nitrogens with zero attached hydrogens (tertiary/aromatic N) is 1. The van der Waals surface area contributed by atoms with E-state index in [0.29, 0.717) is 16.3 Å². The first-order chi connectivity index (χ1) is 8.66. The molecule has 0 aliphatic carbocycles. The standard InChI is InChI=1S/C13H11ClN2O2/c14-11-3-1-2-4-12(11)16-15-8-9-5-6-10(17)7-13(9)18/h1-8,16-18H/b15-8+. The lowest BCUT2D eigenvalue weighted by Crippen LogP contribution is -1.91. The Bertz CT molecular complexity index is 585. The number of nitrogens with one attached hydrogen (secondary N) is 1. The van der Waals surface area contributed by atoms with Gasteiger partial charge in [0, 0.05) is 11.6 Å². The largest absolute Gasteiger partial charge is 0.508 e. The summed E-state index contributed by atoms with van der Waals surface area (Å²) in [4.78, 5) is 0. The van der Waals surface area contributed by atoms with Crippen molar-refractivity contribution in [2.75, 3.05) is 5.43 Å². The molecule has 2 aromatic rings. The molecule has 92 valence electrons. The normalized spacial score (nSPS) is 10.7. The van der Waals surface area contributed by atoms with Crippen LogP contribution in [0, 0.1) is 0 Å². The summed E-state index contributed by atoms with van der Waals surface area (Å²) in [5.74, 6) is -0.0385. The molecule has 0 aromatic heterocycles. The van der Waals surface area contributed by atoms with E-state index in [9.17, 15) is 5.11 Å².